The predicted molar refractivity (Wildman–Crippen MR) is 138 cm³/mol. The number of hydrogen-bond donors (Lipinski definition) is 0. The number of rotatable bonds is 5. The van der Waals surface area contributed by atoms with E-state index in [0.717, 1.165) is 41.1 Å². The summed E-state index contributed by atoms with van der Waals surface area (Å²) in [5.41, 5.74) is 3.54. The predicted octanol–water partition coefficient (Wildman–Crippen LogP) is 5.37. The summed E-state index contributed by atoms with van der Waals surface area (Å²) in [6, 6.07) is 12.1. The van der Waals surface area contributed by atoms with Crippen LogP contribution in [0.4, 0.5) is 4.39 Å². The van der Waals surface area contributed by atoms with Gasteiger partial charge in [0.15, 0.2) is 11.5 Å². The number of piperidine rings is 1. The van der Waals surface area contributed by atoms with Gasteiger partial charge < -0.3 is 14.4 Å². The van der Waals surface area contributed by atoms with Crippen molar-refractivity contribution in [3.63, 3.8) is 0 Å². The molecule has 7 nitrogen and oxygen atoms in total. The van der Waals surface area contributed by atoms with Crippen molar-refractivity contribution >= 4 is 11.4 Å². The summed E-state index contributed by atoms with van der Waals surface area (Å²) < 4.78 is 27.4. The van der Waals surface area contributed by atoms with E-state index in [-0.39, 0.29) is 23.3 Å². The molecule has 0 saturated carbocycles. The number of fused-ring (bicyclic) bond motifs is 1. The van der Waals surface area contributed by atoms with Gasteiger partial charge in [0.1, 0.15) is 11.6 Å². The third kappa shape index (κ3) is 4.73. The molecule has 0 unspecified atom stereocenters. The number of halogens is 1. The Kier molecular flexibility index (Phi) is 6.78. The second kappa shape index (κ2) is 10.3. The summed E-state index contributed by atoms with van der Waals surface area (Å²) in [6.07, 6.45) is 5.45. The zero-order chi connectivity index (χ0) is 25.9. The quantitative estimate of drug-likeness (QED) is 0.346. The minimum absolute atomic E-state index is 0.0809. The smallest absolute Gasteiger partial charge is 0.298 e. The molecule has 1 saturated heterocycles. The molecule has 1 aliphatic heterocycles. The molecule has 2 aromatic carbocycles. The van der Waals surface area contributed by atoms with Crippen LogP contribution < -0.4 is 9.47 Å². The number of amides is 1. The van der Waals surface area contributed by atoms with E-state index in [9.17, 15) is 9.18 Å². The SMILES string of the molecule is CC#CC(=O)N1CCC[C@@H](c2nc(-c3ccc(Oc4cccc(OC)c4F)cc3)c3cncc(C)n23)C1. The van der Waals surface area contributed by atoms with Gasteiger partial charge in [0, 0.05) is 36.5 Å². The molecule has 3 heterocycles. The van der Waals surface area contributed by atoms with Gasteiger partial charge in [-0.05, 0) is 69.0 Å². The topological polar surface area (TPSA) is 69.0 Å². The molecule has 0 radical (unpaired) electrons. The second-order valence-corrected chi connectivity index (χ2v) is 8.95. The van der Waals surface area contributed by atoms with Crippen LogP contribution >= 0.6 is 0 Å². The largest absolute Gasteiger partial charge is 0.494 e. The third-order valence-corrected chi connectivity index (χ3v) is 6.56. The maximum absolute atomic E-state index is 14.5. The molecule has 4 aromatic rings. The number of carbonyl (C=O) groups is 1. The number of benzene rings is 2. The molecular weight excluding hydrogens is 471 g/mol. The van der Waals surface area contributed by atoms with Crippen molar-refractivity contribution < 1.29 is 18.7 Å². The first-order valence-corrected chi connectivity index (χ1v) is 12.2. The Bertz CT molecular complexity index is 1520. The minimum Gasteiger partial charge on any atom is -0.494 e. The standard InChI is InChI=1S/C29H27FN4O3/c1-4-7-26(35)33-15-6-8-21(18-33)29-32-28(23-17-31-16-19(2)34(23)29)20-11-13-22(14-12-20)37-25-10-5-9-24(36-3)27(25)30/h5,9-14,16-17,21H,6,8,15,18H2,1-3H3/t21-/m1/s1. The van der Waals surface area contributed by atoms with Crippen LogP contribution in [0, 0.1) is 24.6 Å². The number of methoxy groups -OCH3 is 1. The second-order valence-electron chi connectivity index (χ2n) is 8.95. The van der Waals surface area contributed by atoms with E-state index in [4.69, 9.17) is 14.5 Å². The molecule has 0 bridgehead atoms. The van der Waals surface area contributed by atoms with Crippen molar-refractivity contribution in [1.29, 1.82) is 0 Å². The molecule has 0 spiro atoms. The Morgan fingerprint density at radius 3 is 2.68 bits per heavy atom. The summed E-state index contributed by atoms with van der Waals surface area (Å²) in [6.45, 7) is 4.96. The number of aromatic nitrogens is 3. The van der Waals surface area contributed by atoms with Crippen LogP contribution in [0.2, 0.25) is 0 Å². The third-order valence-electron chi connectivity index (χ3n) is 6.56. The molecular formula is C29H27FN4O3. The minimum atomic E-state index is -0.551. The molecule has 1 aliphatic rings. The van der Waals surface area contributed by atoms with E-state index >= 15 is 0 Å². The highest BCUT2D eigenvalue weighted by atomic mass is 19.1. The number of nitrogens with zero attached hydrogens (tertiary/aromatic N) is 4. The number of likely N-dealkylation sites (tertiary alicyclic amines) is 1. The van der Waals surface area contributed by atoms with Gasteiger partial charge in [0.25, 0.3) is 5.91 Å². The van der Waals surface area contributed by atoms with Gasteiger partial charge in [0.05, 0.1) is 24.5 Å². The molecule has 5 rings (SSSR count). The van der Waals surface area contributed by atoms with E-state index in [1.807, 2.05) is 36.4 Å². The van der Waals surface area contributed by atoms with Crippen LogP contribution in [0.1, 0.15) is 37.2 Å². The number of hydrogen-bond acceptors (Lipinski definition) is 5. The van der Waals surface area contributed by atoms with Crippen LogP contribution in [0.25, 0.3) is 16.8 Å². The highest BCUT2D eigenvalue weighted by Crippen LogP contribution is 2.35. The van der Waals surface area contributed by atoms with E-state index in [1.165, 1.54) is 7.11 Å². The molecule has 1 amide bonds. The lowest BCUT2D eigenvalue weighted by molar-refractivity contribution is -0.126. The van der Waals surface area contributed by atoms with Crippen molar-refractivity contribution in [2.75, 3.05) is 20.2 Å². The van der Waals surface area contributed by atoms with Crippen molar-refractivity contribution in [1.82, 2.24) is 19.3 Å². The van der Waals surface area contributed by atoms with Crippen LogP contribution in [-0.4, -0.2) is 45.4 Å². The first-order valence-electron chi connectivity index (χ1n) is 12.2. The van der Waals surface area contributed by atoms with E-state index in [0.29, 0.717) is 18.8 Å². The van der Waals surface area contributed by atoms with Gasteiger partial charge in [-0.1, -0.05) is 12.0 Å². The Morgan fingerprint density at radius 1 is 1.14 bits per heavy atom. The Hall–Kier alpha value is -4.38. The maximum Gasteiger partial charge on any atom is 0.298 e. The summed E-state index contributed by atoms with van der Waals surface area (Å²) in [4.78, 5) is 23.7. The van der Waals surface area contributed by atoms with Gasteiger partial charge in [-0.3, -0.25) is 14.2 Å². The van der Waals surface area contributed by atoms with E-state index in [1.54, 1.807) is 37.3 Å². The fourth-order valence-electron chi connectivity index (χ4n) is 4.79. The van der Waals surface area contributed by atoms with Crippen molar-refractivity contribution in [3.8, 4) is 40.3 Å². The van der Waals surface area contributed by atoms with Gasteiger partial charge in [0.2, 0.25) is 5.82 Å². The normalized spacial score (nSPS) is 15.2. The highest BCUT2D eigenvalue weighted by molar-refractivity contribution is 5.93. The summed E-state index contributed by atoms with van der Waals surface area (Å²) in [5, 5.41) is 0. The number of imidazole rings is 1. The van der Waals surface area contributed by atoms with Crippen molar-refractivity contribution in [2.24, 2.45) is 0 Å². The van der Waals surface area contributed by atoms with Crippen LogP contribution in [-0.2, 0) is 4.79 Å². The molecule has 1 atom stereocenters. The fourth-order valence-corrected chi connectivity index (χ4v) is 4.79. The molecule has 37 heavy (non-hydrogen) atoms. The summed E-state index contributed by atoms with van der Waals surface area (Å²) >= 11 is 0. The van der Waals surface area contributed by atoms with Gasteiger partial charge in [-0.25, -0.2) is 4.98 Å². The van der Waals surface area contributed by atoms with Gasteiger partial charge >= 0.3 is 0 Å². The van der Waals surface area contributed by atoms with Crippen molar-refractivity contribution in [2.45, 2.75) is 32.6 Å². The molecule has 0 aliphatic carbocycles. The summed E-state index contributed by atoms with van der Waals surface area (Å²) in [5.74, 6) is 6.36. The molecule has 2 aromatic heterocycles. The Morgan fingerprint density at radius 2 is 1.92 bits per heavy atom. The lowest BCUT2D eigenvalue weighted by atomic mass is 9.97. The zero-order valence-electron chi connectivity index (χ0n) is 21.0. The maximum atomic E-state index is 14.5. The fraction of sp³-hybridized carbons (Fsp3) is 0.276. The van der Waals surface area contributed by atoms with E-state index in [2.05, 4.69) is 21.2 Å². The average molecular weight is 499 g/mol. The number of aryl methyl sites for hydroxylation is 1. The molecule has 0 N–H and O–H groups in total. The van der Waals surface area contributed by atoms with Gasteiger partial charge in [-0.15, -0.1) is 0 Å². The summed E-state index contributed by atoms with van der Waals surface area (Å²) in [7, 11) is 1.42. The first kappa shape index (κ1) is 24.3. The van der Waals surface area contributed by atoms with Crippen LogP contribution in [0.3, 0.4) is 0 Å². The number of carbonyl (C=O) groups excluding carboxylic acids is 1. The zero-order valence-corrected chi connectivity index (χ0v) is 21.0. The lowest BCUT2D eigenvalue weighted by Crippen LogP contribution is -2.39. The monoisotopic (exact) mass is 498 g/mol. The molecule has 1 fully saturated rings. The molecule has 8 heteroatoms. The highest BCUT2D eigenvalue weighted by Gasteiger charge is 2.28. The number of ether oxygens (including phenoxy) is 2. The van der Waals surface area contributed by atoms with Crippen LogP contribution in [0.15, 0.2) is 54.9 Å². The van der Waals surface area contributed by atoms with Crippen LogP contribution in [0.5, 0.6) is 17.2 Å². The average Bonchev–Trinajstić information content (AvgIpc) is 3.32. The molecule has 188 valence electrons. The Balaban J connectivity index is 1.47. The van der Waals surface area contributed by atoms with Crippen molar-refractivity contribution in [3.05, 3.63) is 72.2 Å². The first-order chi connectivity index (χ1) is 18.0. The Labute approximate surface area is 214 Å². The lowest BCUT2D eigenvalue weighted by Gasteiger charge is -2.31. The van der Waals surface area contributed by atoms with Gasteiger partial charge in [-0.2, -0.15) is 4.39 Å². The van der Waals surface area contributed by atoms with E-state index < -0.39 is 5.82 Å².